The Bertz CT molecular complexity index is 359. The van der Waals surface area contributed by atoms with Crippen LogP contribution in [0, 0.1) is 0 Å². The van der Waals surface area contributed by atoms with Gasteiger partial charge in [-0.3, -0.25) is 0 Å². The topological polar surface area (TPSA) is 46.2 Å². The van der Waals surface area contributed by atoms with Crippen LogP contribution in [0.1, 0.15) is 6.92 Å². The van der Waals surface area contributed by atoms with Gasteiger partial charge in [0.2, 0.25) is 10.0 Å². The quantitative estimate of drug-likeness (QED) is 0.832. The zero-order valence-corrected chi connectivity index (χ0v) is 8.73. The van der Waals surface area contributed by atoms with Gasteiger partial charge in [0.05, 0.1) is 10.3 Å². The van der Waals surface area contributed by atoms with E-state index < -0.39 is 15.4 Å². The van der Waals surface area contributed by atoms with Crippen LogP contribution in [-0.4, -0.2) is 13.8 Å². The van der Waals surface area contributed by atoms with Crippen molar-refractivity contribution < 1.29 is 8.42 Å². The van der Waals surface area contributed by atoms with E-state index in [-0.39, 0.29) is 4.90 Å². The van der Waals surface area contributed by atoms with Gasteiger partial charge in [-0.25, -0.2) is 8.42 Å². The summed E-state index contributed by atoms with van der Waals surface area (Å²) in [5, 5.41) is -0.495. The normalized spacial score (nSPS) is 14.0. The first-order chi connectivity index (χ1) is 6.02. The van der Waals surface area contributed by atoms with Gasteiger partial charge in [-0.15, -0.1) is 0 Å². The molecule has 0 saturated heterocycles. The highest BCUT2D eigenvalue weighted by atomic mass is 32.2. The number of hydrogen-bond acceptors (Lipinski definition) is 2. The van der Waals surface area contributed by atoms with Gasteiger partial charge in [0.15, 0.2) is 0 Å². The third kappa shape index (κ3) is 3.02. The van der Waals surface area contributed by atoms with Crippen molar-refractivity contribution in [3.8, 4) is 0 Å². The molecule has 0 saturated carbocycles. The van der Waals surface area contributed by atoms with Crippen LogP contribution in [0.2, 0.25) is 0 Å². The minimum Gasteiger partial charge on any atom is -0.207 e. The fourth-order valence-electron chi connectivity index (χ4n) is 0.886. The molecule has 1 radical (unpaired) electrons. The van der Waals surface area contributed by atoms with Gasteiger partial charge in [-0.05, 0) is 19.1 Å². The van der Waals surface area contributed by atoms with Gasteiger partial charge in [-0.1, -0.05) is 30.8 Å². The van der Waals surface area contributed by atoms with E-state index in [0.29, 0.717) is 0 Å². The molecule has 1 unspecified atom stereocenters. The Morgan fingerprint density at radius 2 is 1.85 bits per heavy atom. The monoisotopic (exact) mass is 216 g/mol. The molecule has 1 aromatic rings. The average Bonchev–Trinajstić information content (AvgIpc) is 2.04. The Hall–Kier alpha value is -0.520. The summed E-state index contributed by atoms with van der Waals surface area (Å²) in [5.74, 6) is 0. The zero-order valence-electron chi connectivity index (χ0n) is 7.10. The molecule has 0 aliphatic carbocycles. The van der Waals surface area contributed by atoms with Crippen LogP contribution >= 0.6 is 12.6 Å². The molecule has 0 aliphatic heterocycles. The first-order valence-corrected chi connectivity index (χ1v) is 5.71. The van der Waals surface area contributed by atoms with Crippen LogP contribution in [0.3, 0.4) is 0 Å². The van der Waals surface area contributed by atoms with Gasteiger partial charge in [0.1, 0.15) is 0 Å². The predicted molar refractivity (Wildman–Crippen MR) is 53.8 cm³/mol. The van der Waals surface area contributed by atoms with E-state index in [0.717, 1.165) is 0 Å². The Morgan fingerprint density at radius 3 is 2.31 bits per heavy atom. The summed E-state index contributed by atoms with van der Waals surface area (Å²) in [7, 11) is -3.41. The second kappa shape index (κ2) is 4.13. The third-order valence-electron chi connectivity index (χ3n) is 1.37. The molecule has 1 N–H and O–H groups in total. The molecule has 0 amide bonds. The van der Waals surface area contributed by atoms with Crippen LogP contribution in [-0.2, 0) is 10.0 Å². The van der Waals surface area contributed by atoms with Gasteiger partial charge in [0.25, 0.3) is 0 Å². The van der Waals surface area contributed by atoms with Crippen molar-refractivity contribution in [3.05, 3.63) is 30.3 Å². The Kier molecular flexibility index (Phi) is 3.35. The highest BCUT2D eigenvalue weighted by Crippen LogP contribution is 2.08. The van der Waals surface area contributed by atoms with Gasteiger partial charge in [-0.2, -0.15) is 4.72 Å². The molecule has 0 bridgehead atoms. The smallest absolute Gasteiger partial charge is 0.207 e. The third-order valence-corrected chi connectivity index (χ3v) is 3.20. The first-order valence-electron chi connectivity index (χ1n) is 3.75. The highest BCUT2D eigenvalue weighted by molar-refractivity contribution is 7.90. The maximum Gasteiger partial charge on any atom is 0.241 e. The van der Waals surface area contributed by atoms with Crippen molar-refractivity contribution in [1.29, 1.82) is 0 Å². The van der Waals surface area contributed by atoms with E-state index in [1.165, 1.54) is 12.1 Å². The molecule has 0 fully saturated rings. The van der Waals surface area contributed by atoms with E-state index in [2.05, 4.69) is 4.72 Å². The molecule has 71 valence electrons. The number of rotatable bonds is 3. The SMILES string of the molecule is CC([S])NS(=O)(=O)c1ccccc1. The maximum atomic E-state index is 11.5. The minimum absolute atomic E-state index is 0.242. The average molecular weight is 216 g/mol. The largest absolute Gasteiger partial charge is 0.241 e. The molecular formula is C8H10NO2S2. The molecule has 13 heavy (non-hydrogen) atoms. The lowest BCUT2D eigenvalue weighted by molar-refractivity contribution is 0.581. The highest BCUT2D eigenvalue weighted by Gasteiger charge is 2.14. The van der Waals surface area contributed by atoms with Crippen LogP contribution < -0.4 is 4.72 Å². The van der Waals surface area contributed by atoms with Crippen molar-refractivity contribution in [3.63, 3.8) is 0 Å². The van der Waals surface area contributed by atoms with E-state index in [9.17, 15) is 8.42 Å². The molecule has 3 nitrogen and oxygen atoms in total. The summed E-state index contributed by atoms with van der Waals surface area (Å²) in [6.45, 7) is 1.61. The summed E-state index contributed by atoms with van der Waals surface area (Å²) in [6.07, 6.45) is 0. The summed E-state index contributed by atoms with van der Waals surface area (Å²) in [6, 6.07) is 8.15. The Labute approximate surface area is 83.6 Å². The van der Waals surface area contributed by atoms with Crippen LogP contribution in [0.25, 0.3) is 0 Å². The molecule has 0 spiro atoms. The second-order valence-corrected chi connectivity index (χ2v) is 5.00. The molecular weight excluding hydrogens is 206 g/mol. The van der Waals surface area contributed by atoms with Gasteiger partial charge >= 0.3 is 0 Å². The predicted octanol–water partition coefficient (Wildman–Crippen LogP) is 1.51. The van der Waals surface area contributed by atoms with Crippen LogP contribution in [0.15, 0.2) is 35.2 Å². The molecule has 5 heteroatoms. The summed E-state index contributed by atoms with van der Waals surface area (Å²) >= 11 is 4.74. The number of benzene rings is 1. The first kappa shape index (κ1) is 10.6. The maximum absolute atomic E-state index is 11.5. The van der Waals surface area contributed by atoms with Crippen LogP contribution in [0.5, 0.6) is 0 Å². The van der Waals surface area contributed by atoms with Crippen LogP contribution in [0.4, 0.5) is 0 Å². The second-order valence-electron chi connectivity index (χ2n) is 2.58. The number of sulfonamides is 1. The lowest BCUT2D eigenvalue weighted by Gasteiger charge is -2.07. The van der Waals surface area contributed by atoms with E-state index in [1.807, 2.05) is 0 Å². The van der Waals surface area contributed by atoms with Crippen molar-refractivity contribution >= 4 is 22.7 Å². The molecule has 1 aromatic carbocycles. The minimum atomic E-state index is -3.41. The Balaban J connectivity index is 2.96. The summed E-state index contributed by atoms with van der Waals surface area (Å²) in [4.78, 5) is 0.242. The lowest BCUT2D eigenvalue weighted by Crippen LogP contribution is -2.28. The molecule has 0 aromatic heterocycles. The van der Waals surface area contributed by atoms with Gasteiger partial charge < -0.3 is 0 Å². The molecule has 1 rings (SSSR count). The number of hydrogen-bond donors (Lipinski definition) is 1. The standard InChI is InChI=1S/C8H10NO2S2/c1-7(12)9-13(10,11)8-5-3-2-4-6-8/h2-7,9H,1H3. The van der Waals surface area contributed by atoms with Crippen molar-refractivity contribution in [2.24, 2.45) is 0 Å². The number of nitrogens with one attached hydrogen (secondary N) is 1. The zero-order chi connectivity index (χ0) is 9.90. The summed E-state index contributed by atoms with van der Waals surface area (Å²) < 4.78 is 25.3. The lowest BCUT2D eigenvalue weighted by atomic mass is 10.4. The Morgan fingerprint density at radius 1 is 1.31 bits per heavy atom. The molecule has 0 heterocycles. The van der Waals surface area contributed by atoms with E-state index >= 15 is 0 Å². The van der Waals surface area contributed by atoms with E-state index in [4.69, 9.17) is 12.6 Å². The fraction of sp³-hybridized carbons (Fsp3) is 0.250. The summed E-state index contributed by atoms with van der Waals surface area (Å²) in [5.41, 5.74) is 0. The molecule has 1 atom stereocenters. The van der Waals surface area contributed by atoms with Crippen molar-refractivity contribution in [1.82, 2.24) is 4.72 Å². The fourth-order valence-corrected chi connectivity index (χ4v) is 2.35. The molecule has 0 aliphatic rings. The van der Waals surface area contributed by atoms with Crippen molar-refractivity contribution in [2.75, 3.05) is 0 Å². The van der Waals surface area contributed by atoms with E-state index in [1.54, 1.807) is 25.1 Å². The van der Waals surface area contributed by atoms with Gasteiger partial charge in [0, 0.05) is 0 Å². The van der Waals surface area contributed by atoms with Crippen molar-refractivity contribution in [2.45, 2.75) is 17.2 Å².